The Morgan fingerprint density at radius 1 is 1.38 bits per heavy atom. The fraction of sp³-hybridized carbons (Fsp3) is 0.667. The lowest BCUT2D eigenvalue weighted by atomic mass is 10.9. The molecule has 0 rings (SSSR count). The molecular weight excluding hydrogens is 208 g/mol. The molecule has 1 radical (unpaired) electrons. The zero-order valence-corrected chi connectivity index (χ0v) is 9.40. The summed E-state index contributed by atoms with van der Waals surface area (Å²) in [6.45, 7) is 4.19. The van der Waals surface area contributed by atoms with Gasteiger partial charge < -0.3 is 15.7 Å². The SMILES string of the molecule is C[Si](C)CSC(=O)NCNC(=O)O. The second-order valence-corrected chi connectivity index (χ2v) is 6.85. The zero-order chi connectivity index (χ0) is 10.3. The second-order valence-electron chi connectivity index (χ2n) is 2.62. The van der Waals surface area contributed by atoms with Crippen LogP contribution in [0.3, 0.4) is 0 Å². The molecule has 0 unspecified atom stereocenters. The number of carboxylic acid groups (broad SMARTS) is 1. The summed E-state index contributed by atoms with van der Waals surface area (Å²) >= 11 is 1.20. The molecule has 0 aliphatic rings. The first kappa shape index (κ1) is 12.3. The van der Waals surface area contributed by atoms with Crippen LogP contribution in [0, 0.1) is 0 Å². The van der Waals surface area contributed by atoms with Crippen LogP contribution in [-0.4, -0.2) is 37.3 Å². The molecule has 7 heteroatoms. The van der Waals surface area contributed by atoms with Gasteiger partial charge in [-0.25, -0.2) is 4.79 Å². The number of carbonyl (C=O) groups excluding carboxylic acids is 1. The highest BCUT2D eigenvalue weighted by molar-refractivity contribution is 8.14. The van der Waals surface area contributed by atoms with Gasteiger partial charge in [-0.1, -0.05) is 24.9 Å². The maximum absolute atomic E-state index is 11.0. The smallest absolute Gasteiger partial charge is 0.406 e. The molecule has 3 N–H and O–H groups in total. The van der Waals surface area contributed by atoms with Gasteiger partial charge in [0.2, 0.25) is 0 Å². The minimum atomic E-state index is -1.14. The molecule has 0 aliphatic carbocycles. The summed E-state index contributed by atoms with van der Waals surface area (Å²) in [4.78, 5) is 20.9. The molecule has 0 aliphatic heterocycles. The van der Waals surface area contributed by atoms with Crippen LogP contribution in [0.15, 0.2) is 0 Å². The van der Waals surface area contributed by atoms with Crippen LogP contribution in [-0.2, 0) is 0 Å². The van der Waals surface area contributed by atoms with Crippen LogP contribution < -0.4 is 10.6 Å². The first-order valence-electron chi connectivity index (χ1n) is 3.69. The Bertz CT molecular complexity index is 189. The Morgan fingerprint density at radius 2 is 2.00 bits per heavy atom. The minimum Gasteiger partial charge on any atom is -0.465 e. The van der Waals surface area contributed by atoms with Gasteiger partial charge >= 0.3 is 6.09 Å². The third kappa shape index (κ3) is 9.22. The van der Waals surface area contributed by atoms with E-state index in [2.05, 4.69) is 18.4 Å². The van der Waals surface area contributed by atoms with Crippen LogP contribution in [0.2, 0.25) is 13.1 Å². The van der Waals surface area contributed by atoms with Crippen molar-refractivity contribution in [1.82, 2.24) is 10.6 Å². The second kappa shape index (κ2) is 6.78. The van der Waals surface area contributed by atoms with Gasteiger partial charge in [-0.05, 0) is 5.38 Å². The molecule has 0 aromatic carbocycles. The van der Waals surface area contributed by atoms with E-state index >= 15 is 0 Å². The Labute approximate surface area is 82.9 Å². The summed E-state index contributed by atoms with van der Waals surface area (Å²) in [6, 6.07) is 0. The Balaban J connectivity index is 3.35. The van der Waals surface area contributed by atoms with Crippen molar-refractivity contribution in [3.05, 3.63) is 0 Å². The number of hydrogen-bond acceptors (Lipinski definition) is 3. The average molecular weight is 221 g/mol. The molecule has 13 heavy (non-hydrogen) atoms. The number of rotatable bonds is 4. The highest BCUT2D eigenvalue weighted by Gasteiger charge is 2.04. The van der Waals surface area contributed by atoms with Crippen LogP contribution in [0.25, 0.3) is 0 Å². The van der Waals surface area contributed by atoms with Crippen LogP contribution >= 0.6 is 11.8 Å². The fourth-order valence-corrected chi connectivity index (χ4v) is 2.31. The molecule has 0 bridgehead atoms. The van der Waals surface area contributed by atoms with Crippen LogP contribution in [0.1, 0.15) is 0 Å². The van der Waals surface area contributed by atoms with Crippen LogP contribution in [0.5, 0.6) is 0 Å². The zero-order valence-electron chi connectivity index (χ0n) is 7.59. The standard InChI is InChI=1S/C6H13N2O3SSi/c1-13(2)4-12-6(11)8-3-7-5(9)10/h7H,3-4H2,1-2H3,(H,8,11)(H,9,10). The maximum Gasteiger partial charge on any atom is 0.406 e. The summed E-state index contributed by atoms with van der Waals surface area (Å²) in [5.41, 5.74) is 0. The average Bonchev–Trinajstić information content (AvgIpc) is 2.00. The molecule has 0 saturated heterocycles. The lowest BCUT2D eigenvalue weighted by Crippen LogP contribution is -2.35. The largest absolute Gasteiger partial charge is 0.465 e. The van der Waals surface area contributed by atoms with Gasteiger partial charge in [0, 0.05) is 0 Å². The van der Waals surface area contributed by atoms with E-state index in [-0.39, 0.29) is 11.9 Å². The van der Waals surface area contributed by atoms with Gasteiger partial charge in [-0.3, -0.25) is 4.79 Å². The van der Waals surface area contributed by atoms with Gasteiger partial charge in [-0.15, -0.1) is 0 Å². The first-order chi connectivity index (χ1) is 6.02. The summed E-state index contributed by atoms with van der Waals surface area (Å²) < 4.78 is 0. The van der Waals surface area contributed by atoms with Crippen LogP contribution in [0.4, 0.5) is 9.59 Å². The van der Waals surface area contributed by atoms with Crippen molar-refractivity contribution in [3.63, 3.8) is 0 Å². The van der Waals surface area contributed by atoms with Gasteiger partial charge in [-0.2, -0.15) is 0 Å². The first-order valence-corrected chi connectivity index (χ1v) is 7.38. The lowest BCUT2D eigenvalue weighted by molar-refractivity contribution is 0.194. The highest BCUT2D eigenvalue weighted by atomic mass is 32.2. The number of hydrogen-bond donors (Lipinski definition) is 3. The number of nitrogens with one attached hydrogen (secondary N) is 2. The summed E-state index contributed by atoms with van der Waals surface area (Å²) in [6.07, 6.45) is -1.14. The molecule has 2 amide bonds. The van der Waals surface area contributed by atoms with Crippen molar-refractivity contribution >= 4 is 31.9 Å². The molecule has 0 saturated carbocycles. The third-order valence-corrected chi connectivity index (χ3v) is 4.26. The Kier molecular flexibility index (Phi) is 6.42. The predicted octanol–water partition coefficient (Wildman–Crippen LogP) is 0.948. The Morgan fingerprint density at radius 3 is 2.46 bits per heavy atom. The highest BCUT2D eigenvalue weighted by Crippen LogP contribution is 2.02. The molecule has 0 spiro atoms. The van der Waals surface area contributed by atoms with E-state index in [1.807, 2.05) is 5.32 Å². The molecule has 0 aromatic heterocycles. The number of thioether (sulfide) groups is 1. The number of amides is 2. The van der Waals surface area contributed by atoms with Gasteiger partial charge in [0.05, 0.1) is 15.5 Å². The molecule has 0 heterocycles. The molecule has 0 fully saturated rings. The summed E-state index contributed by atoms with van der Waals surface area (Å²) in [5.74, 6) is 0. The van der Waals surface area contributed by atoms with E-state index in [4.69, 9.17) is 5.11 Å². The van der Waals surface area contributed by atoms with E-state index in [1.54, 1.807) is 0 Å². The fourth-order valence-electron chi connectivity index (χ4n) is 0.453. The van der Waals surface area contributed by atoms with Gasteiger partial charge in [0.15, 0.2) is 0 Å². The molecular formula is C6H13N2O3SSi. The van der Waals surface area contributed by atoms with Crippen molar-refractivity contribution < 1.29 is 14.7 Å². The molecule has 0 atom stereocenters. The third-order valence-electron chi connectivity index (χ3n) is 0.964. The maximum atomic E-state index is 11.0. The molecule has 0 aromatic rings. The number of carbonyl (C=O) groups is 2. The van der Waals surface area contributed by atoms with Crippen molar-refractivity contribution in [3.8, 4) is 0 Å². The minimum absolute atomic E-state index is 0.0311. The summed E-state index contributed by atoms with van der Waals surface area (Å²) in [5, 5.41) is 13.3. The van der Waals surface area contributed by atoms with Crippen molar-refractivity contribution in [2.75, 3.05) is 12.0 Å². The van der Waals surface area contributed by atoms with Crippen molar-refractivity contribution in [1.29, 1.82) is 0 Å². The van der Waals surface area contributed by atoms with Gasteiger partial charge in [0.1, 0.15) is 0 Å². The Hall–Kier alpha value is -0.693. The van der Waals surface area contributed by atoms with Crippen molar-refractivity contribution in [2.45, 2.75) is 13.1 Å². The summed E-state index contributed by atoms with van der Waals surface area (Å²) in [7, 11) is -0.405. The van der Waals surface area contributed by atoms with E-state index in [9.17, 15) is 9.59 Å². The predicted molar refractivity (Wildman–Crippen MR) is 54.5 cm³/mol. The van der Waals surface area contributed by atoms with Gasteiger partial charge in [0.25, 0.3) is 5.24 Å². The molecule has 5 nitrogen and oxygen atoms in total. The normalized spacial score (nSPS) is 9.77. The monoisotopic (exact) mass is 221 g/mol. The van der Waals surface area contributed by atoms with E-state index in [0.29, 0.717) is 0 Å². The van der Waals surface area contributed by atoms with E-state index in [0.717, 1.165) is 5.38 Å². The molecule has 75 valence electrons. The lowest BCUT2D eigenvalue weighted by Gasteiger charge is -2.04. The van der Waals surface area contributed by atoms with Crippen molar-refractivity contribution in [2.24, 2.45) is 0 Å². The van der Waals surface area contributed by atoms with E-state index in [1.165, 1.54) is 11.8 Å². The quantitative estimate of drug-likeness (QED) is 0.488. The topological polar surface area (TPSA) is 78.4 Å². The van der Waals surface area contributed by atoms with E-state index < -0.39 is 14.9 Å².